The smallest absolute Gasteiger partial charge is 0.257 e. The first-order valence-electron chi connectivity index (χ1n) is 6.70. The first-order valence-corrected chi connectivity index (χ1v) is 7.58. The number of carbonyl (C=O) groups is 1. The maximum absolute atomic E-state index is 12.8. The van der Waals surface area contributed by atoms with E-state index >= 15 is 0 Å². The molecule has 0 spiro atoms. The minimum absolute atomic E-state index is 0.195. The van der Waals surface area contributed by atoms with Crippen LogP contribution in [-0.2, 0) is 4.79 Å². The number of oxazole rings is 1. The molecule has 0 aliphatic heterocycles. The van der Waals surface area contributed by atoms with Gasteiger partial charge in [0.2, 0.25) is 5.91 Å². The fourth-order valence-electron chi connectivity index (χ4n) is 1.88. The van der Waals surface area contributed by atoms with E-state index < -0.39 is 5.25 Å². The highest BCUT2D eigenvalue weighted by molar-refractivity contribution is 8.00. The molecular formula is C16H13FN2O2S. The third-order valence-corrected chi connectivity index (χ3v) is 3.98. The van der Waals surface area contributed by atoms with Gasteiger partial charge in [-0.2, -0.15) is 0 Å². The predicted octanol–water partition coefficient (Wildman–Crippen LogP) is 4.09. The Balaban J connectivity index is 1.66. The van der Waals surface area contributed by atoms with Crippen molar-refractivity contribution in [3.8, 4) is 0 Å². The monoisotopic (exact) mass is 316 g/mol. The van der Waals surface area contributed by atoms with Crippen molar-refractivity contribution >= 4 is 34.5 Å². The van der Waals surface area contributed by atoms with Crippen LogP contribution in [0.2, 0.25) is 0 Å². The summed E-state index contributed by atoms with van der Waals surface area (Å²) < 4.78 is 18.4. The number of hydrogen-bond acceptors (Lipinski definition) is 4. The van der Waals surface area contributed by atoms with Crippen molar-refractivity contribution in [2.75, 3.05) is 5.32 Å². The molecule has 3 aromatic rings. The Morgan fingerprint density at radius 2 is 1.95 bits per heavy atom. The molecule has 3 rings (SSSR count). The van der Waals surface area contributed by atoms with E-state index in [2.05, 4.69) is 10.3 Å². The van der Waals surface area contributed by atoms with E-state index in [4.69, 9.17) is 4.42 Å². The molecular weight excluding hydrogens is 303 g/mol. The zero-order valence-electron chi connectivity index (χ0n) is 11.7. The summed E-state index contributed by atoms with van der Waals surface area (Å²) in [4.78, 5) is 16.4. The highest BCUT2D eigenvalue weighted by Gasteiger charge is 2.18. The lowest BCUT2D eigenvalue weighted by atomic mass is 10.3. The zero-order valence-corrected chi connectivity index (χ0v) is 12.6. The van der Waals surface area contributed by atoms with Gasteiger partial charge >= 0.3 is 0 Å². The first kappa shape index (κ1) is 14.6. The summed E-state index contributed by atoms with van der Waals surface area (Å²) in [6.07, 6.45) is 0. The van der Waals surface area contributed by atoms with Gasteiger partial charge in [0.1, 0.15) is 11.3 Å². The second-order valence-corrected chi connectivity index (χ2v) is 6.00. The van der Waals surface area contributed by atoms with E-state index in [9.17, 15) is 9.18 Å². The van der Waals surface area contributed by atoms with Crippen LogP contribution in [0.3, 0.4) is 0 Å². The number of fused-ring (bicyclic) bond motifs is 1. The summed E-state index contributed by atoms with van der Waals surface area (Å²) in [6, 6.07) is 13.1. The molecule has 0 fully saturated rings. The van der Waals surface area contributed by atoms with Crippen LogP contribution in [0.15, 0.2) is 58.2 Å². The summed E-state index contributed by atoms with van der Waals surface area (Å²) >= 11 is 1.24. The lowest BCUT2D eigenvalue weighted by Crippen LogP contribution is -2.22. The number of nitrogens with one attached hydrogen (secondary N) is 1. The number of para-hydroxylation sites is 2. The Labute approximate surface area is 130 Å². The van der Waals surface area contributed by atoms with Gasteiger partial charge in [-0.1, -0.05) is 23.9 Å². The van der Waals surface area contributed by atoms with Crippen LogP contribution in [0.4, 0.5) is 10.1 Å². The molecule has 0 aliphatic carbocycles. The van der Waals surface area contributed by atoms with Crippen LogP contribution < -0.4 is 5.32 Å². The molecule has 0 aliphatic rings. The number of aromatic nitrogens is 1. The van der Waals surface area contributed by atoms with Crippen molar-refractivity contribution in [1.29, 1.82) is 0 Å². The molecule has 0 saturated carbocycles. The average molecular weight is 316 g/mol. The van der Waals surface area contributed by atoms with Gasteiger partial charge in [-0.25, -0.2) is 9.37 Å². The summed E-state index contributed by atoms with van der Waals surface area (Å²) in [5, 5.41) is 2.78. The van der Waals surface area contributed by atoms with Gasteiger partial charge in [0.25, 0.3) is 5.22 Å². The molecule has 4 nitrogen and oxygen atoms in total. The van der Waals surface area contributed by atoms with E-state index in [1.54, 1.807) is 6.92 Å². The Kier molecular flexibility index (Phi) is 4.11. The normalized spacial score (nSPS) is 12.3. The highest BCUT2D eigenvalue weighted by Crippen LogP contribution is 2.27. The molecule has 22 heavy (non-hydrogen) atoms. The number of carbonyl (C=O) groups excluding carboxylic acids is 1. The Morgan fingerprint density at radius 3 is 2.68 bits per heavy atom. The highest BCUT2D eigenvalue weighted by atomic mass is 32.2. The number of anilines is 1. The minimum Gasteiger partial charge on any atom is -0.431 e. The molecule has 0 unspecified atom stereocenters. The topological polar surface area (TPSA) is 55.1 Å². The quantitative estimate of drug-likeness (QED) is 0.737. The van der Waals surface area contributed by atoms with Gasteiger partial charge in [0.15, 0.2) is 5.58 Å². The minimum atomic E-state index is -0.391. The molecule has 0 bridgehead atoms. The maximum Gasteiger partial charge on any atom is 0.257 e. The third-order valence-electron chi connectivity index (χ3n) is 3.03. The van der Waals surface area contributed by atoms with Crippen molar-refractivity contribution < 1.29 is 13.6 Å². The molecule has 0 radical (unpaired) electrons. The fraction of sp³-hybridized carbons (Fsp3) is 0.125. The molecule has 0 saturated heterocycles. The number of amides is 1. The van der Waals surface area contributed by atoms with Crippen molar-refractivity contribution in [2.24, 2.45) is 0 Å². The Hall–Kier alpha value is -2.34. The standard InChI is InChI=1S/C16H13FN2O2S/c1-10(15(20)18-12-8-6-11(17)7-9-12)22-16-19-13-4-2-3-5-14(13)21-16/h2-10H,1H3,(H,18,20)/t10-/m0/s1. The van der Waals surface area contributed by atoms with E-state index in [-0.39, 0.29) is 11.7 Å². The SMILES string of the molecule is C[C@H](Sc1nc2ccccc2o1)C(=O)Nc1ccc(F)cc1. The number of halogens is 1. The molecule has 112 valence electrons. The van der Waals surface area contributed by atoms with Crippen LogP contribution in [0.5, 0.6) is 0 Å². The second-order valence-electron chi connectivity index (χ2n) is 4.70. The van der Waals surface area contributed by atoms with E-state index in [0.717, 1.165) is 5.52 Å². The van der Waals surface area contributed by atoms with Gasteiger partial charge in [0, 0.05) is 5.69 Å². The number of thioether (sulfide) groups is 1. The van der Waals surface area contributed by atoms with Gasteiger partial charge in [-0.15, -0.1) is 0 Å². The van der Waals surface area contributed by atoms with Crippen molar-refractivity contribution in [3.05, 3.63) is 54.3 Å². The third kappa shape index (κ3) is 3.28. The summed E-state index contributed by atoms with van der Waals surface area (Å²) in [5.41, 5.74) is 2.00. The van der Waals surface area contributed by atoms with Crippen LogP contribution in [-0.4, -0.2) is 16.1 Å². The summed E-state index contributed by atoms with van der Waals surface area (Å²) in [5.74, 6) is -0.536. The molecule has 1 atom stereocenters. The molecule has 1 heterocycles. The molecule has 1 aromatic heterocycles. The lowest BCUT2D eigenvalue weighted by Gasteiger charge is -2.09. The fourth-order valence-corrected chi connectivity index (χ4v) is 2.64. The van der Waals surface area contributed by atoms with E-state index in [1.807, 2.05) is 24.3 Å². The molecule has 6 heteroatoms. The predicted molar refractivity (Wildman–Crippen MR) is 84.4 cm³/mol. The van der Waals surface area contributed by atoms with Crippen molar-refractivity contribution in [3.63, 3.8) is 0 Å². The molecule has 1 N–H and O–H groups in total. The lowest BCUT2D eigenvalue weighted by molar-refractivity contribution is -0.115. The summed E-state index contributed by atoms with van der Waals surface area (Å²) in [6.45, 7) is 1.76. The summed E-state index contributed by atoms with van der Waals surface area (Å²) in [7, 11) is 0. The maximum atomic E-state index is 12.8. The molecule has 1 amide bonds. The van der Waals surface area contributed by atoms with Gasteiger partial charge in [0.05, 0.1) is 5.25 Å². The van der Waals surface area contributed by atoms with Crippen molar-refractivity contribution in [2.45, 2.75) is 17.4 Å². The van der Waals surface area contributed by atoms with E-state index in [1.165, 1.54) is 36.0 Å². The van der Waals surface area contributed by atoms with Crippen LogP contribution in [0.25, 0.3) is 11.1 Å². The zero-order chi connectivity index (χ0) is 15.5. The number of benzene rings is 2. The first-order chi connectivity index (χ1) is 10.6. The van der Waals surface area contributed by atoms with Gasteiger partial charge in [-0.3, -0.25) is 4.79 Å². The van der Waals surface area contributed by atoms with Gasteiger partial charge in [-0.05, 0) is 43.3 Å². The van der Waals surface area contributed by atoms with Crippen LogP contribution in [0.1, 0.15) is 6.92 Å². The van der Waals surface area contributed by atoms with Crippen LogP contribution in [0, 0.1) is 5.82 Å². The number of nitrogens with zero attached hydrogens (tertiary/aromatic N) is 1. The number of hydrogen-bond donors (Lipinski definition) is 1. The van der Waals surface area contributed by atoms with Gasteiger partial charge < -0.3 is 9.73 Å². The Morgan fingerprint density at radius 1 is 1.23 bits per heavy atom. The average Bonchev–Trinajstić information content (AvgIpc) is 2.91. The second kappa shape index (κ2) is 6.19. The largest absolute Gasteiger partial charge is 0.431 e. The number of rotatable bonds is 4. The van der Waals surface area contributed by atoms with E-state index in [0.29, 0.717) is 16.5 Å². The Bertz CT molecular complexity index is 768. The molecule has 2 aromatic carbocycles. The van der Waals surface area contributed by atoms with Crippen molar-refractivity contribution in [1.82, 2.24) is 4.98 Å². The van der Waals surface area contributed by atoms with Crippen LogP contribution >= 0.6 is 11.8 Å².